The fourth-order valence-electron chi connectivity index (χ4n) is 2.15. The summed E-state index contributed by atoms with van der Waals surface area (Å²) in [6.07, 6.45) is 2.95. The van der Waals surface area contributed by atoms with E-state index in [0.29, 0.717) is 5.15 Å². The maximum absolute atomic E-state index is 6.30. The molecule has 0 saturated heterocycles. The molecular weight excluding hydrogens is 373 g/mol. The maximum Gasteiger partial charge on any atom is 0.224 e. The quantitative estimate of drug-likeness (QED) is 0.490. The number of nitrogens with zero attached hydrogens (tertiary/aromatic N) is 3. The second-order valence-electron chi connectivity index (χ2n) is 4.88. The molecule has 0 fully saturated rings. The van der Waals surface area contributed by atoms with Gasteiger partial charge in [0.1, 0.15) is 5.15 Å². The van der Waals surface area contributed by atoms with E-state index in [1.807, 2.05) is 19.9 Å². The van der Waals surface area contributed by atoms with E-state index >= 15 is 0 Å². The molecule has 1 atom stereocenters. The molecule has 0 saturated carbocycles. The van der Waals surface area contributed by atoms with Crippen LogP contribution in [0.2, 0.25) is 10.4 Å². The van der Waals surface area contributed by atoms with Crippen molar-refractivity contribution in [2.75, 3.05) is 0 Å². The zero-order valence-electron chi connectivity index (χ0n) is 12.3. The largest absolute Gasteiger partial charge is 0.281 e. The zero-order valence-corrected chi connectivity index (χ0v) is 15.4. The van der Waals surface area contributed by atoms with Crippen molar-refractivity contribution in [2.24, 2.45) is 4.99 Å². The minimum absolute atomic E-state index is 0.149. The summed E-state index contributed by atoms with van der Waals surface area (Å²) < 4.78 is 0.925. The molecule has 3 nitrogen and oxygen atoms in total. The van der Waals surface area contributed by atoms with Crippen LogP contribution in [-0.2, 0) is 0 Å². The van der Waals surface area contributed by atoms with Gasteiger partial charge < -0.3 is 0 Å². The summed E-state index contributed by atoms with van der Waals surface area (Å²) in [6, 6.07) is 0.226. The number of halogens is 3. The van der Waals surface area contributed by atoms with E-state index in [1.54, 1.807) is 0 Å². The molecule has 6 heteroatoms. The first kappa shape index (κ1) is 16.7. The number of rotatable bonds is 2. The van der Waals surface area contributed by atoms with Crippen LogP contribution in [-0.4, -0.2) is 21.7 Å². The molecule has 1 heterocycles. The summed E-state index contributed by atoms with van der Waals surface area (Å²) in [6.45, 7) is 8.13. The van der Waals surface area contributed by atoms with Gasteiger partial charge in [0.05, 0.1) is 11.4 Å². The molecule has 1 aliphatic carbocycles. The molecule has 0 radical (unpaired) electrons. The minimum Gasteiger partial charge on any atom is -0.281 e. The van der Waals surface area contributed by atoms with Crippen LogP contribution in [0.15, 0.2) is 15.6 Å². The van der Waals surface area contributed by atoms with Gasteiger partial charge in [-0.15, -0.1) is 0 Å². The number of aliphatic imine (C=N–C) groups is 1. The van der Waals surface area contributed by atoms with E-state index in [9.17, 15) is 0 Å². The number of allylic oxidation sites excluding steroid dienone is 4. The molecule has 0 bridgehead atoms. The summed E-state index contributed by atoms with van der Waals surface area (Å²) in [5, 5.41) is 0.505. The Morgan fingerprint density at radius 3 is 2.57 bits per heavy atom. The van der Waals surface area contributed by atoms with Crippen molar-refractivity contribution >= 4 is 56.0 Å². The lowest BCUT2D eigenvalue weighted by Gasteiger charge is -2.23. The van der Waals surface area contributed by atoms with Crippen molar-refractivity contribution in [2.45, 2.75) is 40.2 Å². The molecule has 1 aliphatic rings. The fraction of sp³-hybridized carbons (Fsp3) is 0.400. The number of hydrogen-bond acceptors (Lipinski definition) is 3. The summed E-state index contributed by atoms with van der Waals surface area (Å²) in [5.41, 5.74) is 4.34. The van der Waals surface area contributed by atoms with Crippen molar-refractivity contribution in [1.29, 1.82) is 0 Å². The lowest BCUT2D eigenvalue weighted by atomic mass is 9.90. The van der Waals surface area contributed by atoms with Crippen LogP contribution in [0, 0.1) is 0 Å². The molecule has 0 aromatic carbocycles. The smallest absolute Gasteiger partial charge is 0.224 e. The first-order valence-corrected chi connectivity index (χ1v) is 8.30. The van der Waals surface area contributed by atoms with E-state index in [0.717, 1.165) is 39.0 Å². The van der Waals surface area contributed by atoms with E-state index in [-0.39, 0.29) is 11.3 Å². The summed E-state index contributed by atoms with van der Waals surface area (Å²) in [5.74, 6) is 0. The van der Waals surface area contributed by atoms with Crippen molar-refractivity contribution in [3.05, 3.63) is 32.3 Å². The highest BCUT2D eigenvalue weighted by Gasteiger charge is 2.29. The van der Waals surface area contributed by atoms with Crippen LogP contribution in [0.25, 0.3) is 11.1 Å². The lowest BCUT2D eigenvalue weighted by Crippen LogP contribution is -2.16. The van der Waals surface area contributed by atoms with Gasteiger partial charge in [0.15, 0.2) is 0 Å². The van der Waals surface area contributed by atoms with Crippen LogP contribution >= 0.6 is 39.1 Å². The molecule has 112 valence electrons. The summed E-state index contributed by atoms with van der Waals surface area (Å²) >= 11 is 15.9. The van der Waals surface area contributed by atoms with Crippen LogP contribution in [0.5, 0.6) is 0 Å². The second kappa shape index (κ2) is 6.59. The van der Waals surface area contributed by atoms with E-state index in [4.69, 9.17) is 28.2 Å². The van der Waals surface area contributed by atoms with Gasteiger partial charge in [-0.3, -0.25) is 4.99 Å². The maximum atomic E-state index is 6.30. The van der Waals surface area contributed by atoms with Gasteiger partial charge in [0, 0.05) is 21.7 Å². The Morgan fingerprint density at radius 2 is 2.00 bits per heavy atom. The van der Waals surface area contributed by atoms with Crippen molar-refractivity contribution in [1.82, 2.24) is 9.97 Å². The first-order valence-electron chi connectivity index (χ1n) is 6.75. The van der Waals surface area contributed by atoms with Crippen molar-refractivity contribution in [3.63, 3.8) is 0 Å². The SMILES string of the molecule is C/C=C1\C(=NC(C)CC)C(Br)=C(C)c2nc(Cl)nc(Cl)c21. The molecule has 0 N–H and O–H groups in total. The van der Waals surface area contributed by atoms with Gasteiger partial charge in [-0.25, -0.2) is 9.97 Å². The molecule has 21 heavy (non-hydrogen) atoms. The monoisotopic (exact) mass is 387 g/mol. The minimum atomic E-state index is 0.149. The highest BCUT2D eigenvalue weighted by molar-refractivity contribution is 9.12. The molecule has 0 aliphatic heterocycles. The average molecular weight is 389 g/mol. The third-order valence-corrected chi connectivity index (χ3v) is 4.90. The van der Waals surface area contributed by atoms with E-state index in [1.165, 1.54) is 0 Å². The van der Waals surface area contributed by atoms with E-state index in [2.05, 4.69) is 39.7 Å². The fourth-order valence-corrected chi connectivity index (χ4v) is 3.14. The highest BCUT2D eigenvalue weighted by atomic mass is 79.9. The molecular formula is C15H16BrCl2N3. The van der Waals surface area contributed by atoms with Crippen LogP contribution in [0.1, 0.15) is 45.4 Å². The Bertz CT molecular complexity index is 678. The van der Waals surface area contributed by atoms with Crippen LogP contribution in [0.4, 0.5) is 0 Å². The Morgan fingerprint density at radius 1 is 1.33 bits per heavy atom. The highest BCUT2D eigenvalue weighted by Crippen LogP contribution is 2.41. The van der Waals surface area contributed by atoms with Gasteiger partial charge in [-0.1, -0.05) is 24.6 Å². The third kappa shape index (κ3) is 3.08. The Labute approximate surface area is 143 Å². The number of hydrogen-bond donors (Lipinski definition) is 0. The topological polar surface area (TPSA) is 38.1 Å². The predicted octanol–water partition coefficient (Wildman–Crippen LogP) is 5.57. The lowest BCUT2D eigenvalue weighted by molar-refractivity contribution is 0.718. The molecule has 0 amide bonds. The molecule has 1 aromatic heterocycles. The summed E-state index contributed by atoms with van der Waals surface area (Å²) in [4.78, 5) is 13.2. The van der Waals surface area contributed by atoms with Gasteiger partial charge >= 0.3 is 0 Å². The molecule has 0 spiro atoms. The summed E-state index contributed by atoms with van der Waals surface area (Å²) in [7, 11) is 0. The Balaban J connectivity index is 2.78. The van der Waals surface area contributed by atoms with Gasteiger partial charge in [0.2, 0.25) is 5.28 Å². The zero-order chi connectivity index (χ0) is 15.7. The van der Waals surface area contributed by atoms with Crippen LogP contribution in [0.3, 0.4) is 0 Å². The molecule has 1 aromatic rings. The normalized spacial score (nSPS) is 20.1. The third-order valence-electron chi connectivity index (χ3n) is 3.48. The first-order chi connectivity index (χ1) is 9.90. The van der Waals surface area contributed by atoms with E-state index < -0.39 is 0 Å². The Kier molecular flexibility index (Phi) is 5.23. The predicted molar refractivity (Wildman–Crippen MR) is 94.4 cm³/mol. The molecule has 1 unspecified atom stereocenters. The van der Waals surface area contributed by atoms with Gasteiger partial charge in [0.25, 0.3) is 0 Å². The van der Waals surface area contributed by atoms with Gasteiger partial charge in [-0.05, 0) is 60.3 Å². The average Bonchev–Trinajstić information content (AvgIpc) is 2.45. The standard InChI is InChI=1S/C15H16BrCl2N3/c1-5-7(3)19-13-9(6-2)10-12(8(4)11(13)16)20-15(18)21-14(10)17/h6-7H,5H2,1-4H3/b9-6-,19-13?. The molecule has 2 rings (SSSR count). The van der Waals surface area contributed by atoms with Gasteiger partial charge in [-0.2, -0.15) is 0 Å². The van der Waals surface area contributed by atoms with Crippen LogP contribution < -0.4 is 0 Å². The van der Waals surface area contributed by atoms with Crippen molar-refractivity contribution < 1.29 is 0 Å². The Hall–Kier alpha value is -0.710. The second-order valence-corrected chi connectivity index (χ2v) is 6.37. The number of aromatic nitrogens is 2. The number of fused-ring (bicyclic) bond motifs is 1. The van der Waals surface area contributed by atoms with Crippen molar-refractivity contribution in [3.8, 4) is 0 Å².